The summed E-state index contributed by atoms with van der Waals surface area (Å²) in [5.41, 5.74) is 9.58. The number of carbonyl (C=O) groups excluding carboxylic acids is 2. The third-order valence-electron chi connectivity index (χ3n) is 4.59. The number of rotatable bonds is 2. The van der Waals surface area contributed by atoms with Gasteiger partial charge in [-0.05, 0) is 48.6 Å². The zero-order valence-electron chi connectivity index (χ0n) is 15.1. The van der Waals surface area contributed by atoms with E-state index in [9.17, 15) is 9.59 Å². The molecule has 0 aliphatic heterocycles. The number of hydrazine groups is 1. The van der Waals surface area contributed by atoms with Crippen molar-refractivity contribution in [2.75, 3.05) is 5.32 Å². The predicted molar refractivity (Wildman–Crippen MR) is 106 cm³/mol. The lowest BCUT2D eigenvalue weighted by Crippen LogP contribution is -2.44. The molecule has 3 aromatic rings. The van der Waals surface area contributed by atoms with Crippen molar-refractivity contribution in [1.29, 1.82) is 0 Å². The second kappa shape index (κ2) is 7.87. The van der Waals surface area contributed by atoms with Crippen molar-refractivity contribution in [3.63, 3.8) is 0 Å². The first kappa shape index (κ1) is 17.7. The maximum Gasteiger partial charge on any atom is 0.337 e. The van der Waals surface area contributed by atoms with Gasteiger partial charge in [0.2, 0.25) is 0 Å². The van der Waals surface area contributed by atoms with E-state index in [1.165, 1.54) is 5.56 Å². The SMILES string of the molecule is O=C(NNC(=O)c1cc2c(nn1)-c1ccccc1CCC2)Nc1ccccc1. The number of urea groups is 1. The number of nitrogens with one attached hydrogen (secondary N) is 3. The first-order chi connectivity index (χ1) is 13.7. The van der Waals surface area contributed by atoms with E-state index in [1.807, 2.05) is 24.3 Å². The Labute approximate surface area is 162 Å². The molecule has 7 nitrogen and oxygen atoms in total. The summed E-state index contributed by atoms with van der Waals surface area (Å²) in [6.45, 7) is 0. The average Bonchev–Trinajstić information content (AvgIpc) is 2.91. The number of benzene rings is 2. The number of anilines is 1. The molecule has 7 heteroatoms. The van der Waals surface area contributed by atoms with E-state index in [-0.39, 0.29) is 5.69 Å². The van der Waals surface area contributed by atoms with Crippen molar-refractivity contribution in [2.45, 2.75) is 19.3 Å². The Kier molecular flexibility index (Phi) is 4.97. The number of aromatic nitrogens is 2. The second-order valence-electron chi connectivity index (χ2n) is 6.51. The highest BCUT2D eigenvalue weighted by molar-refractivity contribution is 5.96. The lowest BCUT2D eigenvalue weighted by atomic mass is 10.0. The van der Waals surface area contributed by atoms with Crippen LogP contribution in [0.5, 0.6) is 0 Å². The topological polar surface area (TPSA) is 96.0 Å². The van der Waals surface area contributed by atoms with Gasteiger partial charge < -0.3 is 5.32 Å². The van der Waals surface area contributed by atoms with Gasteiger partial charge in [0.1, 0.15) is 0 Å². The van der Waals surface area contributed by atoms with E-state index >= 15 is 0 Å². The fourth-order valence-corrected chi connectivity index (χ4v) is 3.26. The van der Waals surface area contributed by atoms with Crippen LogP contribution in [-0.4, -0.2) is 22.1 Å². The fourth-order valence-electron chi connectivity index (χ4n) is 3.26. The standard InChI is InChI=1S/C21H19N5O2/c27-20(25-26-21(28)22-16-10-2-1-3-11-16)18-13-15-9-6-8-14-7-4-5-12-17(14)19(15)24-23-18/h1-5,7,10-13H,6,8-9H2,(H,25,27)(H2,22,26,28). The number of fused-ring (bicyclic) bond motifs is 3. The average molecular weight is 373 g/mol. The summed E-state index contributed by atoms with van der Waals surface area (Å²) in [6.07, 6.45) is 2.77. The molecule has 0 unspecified atom stereocenters. The zero-order valence-corrected chi connectivity index (χ0v) is 15.1. The molecule has 0 fully saturated rings. The van der Waals surface area contributed by atoms with Gasteiger partial charge in [0.15, 0.2) is 5.69 Å². The number of nitrogens with zero attached hydrogens (tertiary/aromatic N) is 2. The summed E-state index contributed by atoms with van der Waals surface area (Å²) in [6, 6.07) is 18.3. The third kappa shape index (κ3) is 3.83. The molecule has 4 rings (SSSR count). The van der Waals surface area contributed by atoms with Crippen LogP contribution in [0.1, 0.15) is 28.0 Å². The van der Waals surface area contributed by atoms with Crippen molar-refractivity contribution in [2.24, 2.45) is 0 Å². The van der Waals surface area contributed by atoms with Crippen molar-refractivity contribution < 1.29 is 9.59 Å². The minimum absolute atomic E-state index is 0.165. The van der Waals surface area contributed by atoms with Crippen LogP contribution in [0.25, 0.3) is 11.3 Å². The van der Waals surface area contributed by atoms with E-state index in [4.69, 9.17) is 0 Å². The Bertz CT molecular complexity index is 1020. The molecule has 0 atom stereocenters. The summed E-state index contributed by atoms with van der Waals surface area (Å²) in [5, 5.41) is 11.0. The molecule has 0 saturated heterocycles. The molecule has 0 spiro atoms. The Hall–Kier alpha value is -3.74. The zero-order chi connectivity index (χ0) is 19.3. The maximum atomic E-state index is 12.4. The molecule has 0 radical (unpaired) electrons. The molecule has 1 aliphatic carbocycles. The van der Waals surface area contributed by atoms with Gasteiger partial charge in [-0.1, -0.05) is 42.5 Å². The molecule has 2 aromatic carbocycles. The molecule has 1 aliphatic rings. The first-order valence-electron chi connectivity index (χ1n) is 9.08. The van der Waals surface area contributed by atoms with Crippen LogP contribution in [-0.2, 0) is 12.8 Å². The first-order valence-corrected chi connectivity index (χ1v) is 9.08. The van der Waals surface area contributed by atoms with Gasteiger partial charge in [-0.2, -0.15) is 0 Å². The number of para-hydroxylation sites is 1. The van der Waals surface area contributed by atoms with Crippen molar-refractivity contribution in [1.82, 2.24) is 21.0 Å². The number of hydrogen-bond donors (Lipinski definition) is 3. The highest BCUT2D eigenvalue weighted by Crippen LogP contribution is 2.30. The minimum Gasteiger partial charge on any atom is -0.307 e. The fraction of sp³-hybridized carbons (Fsp3) is 0.143. The Morgan fingerprint density at radius 1 is 0.821 bits per heavy atom. The number of hydrogen-bond acceptors (Lipinski definition) is 4. The van der Waals surface area contributed by atoms with Gasteiger partial charge in [-0.25, -0.2) is 10.2 Å². The predicted octanol–water partition coefficient (Wildman–Crippen LogP) is 3.10. The van der Waals surface area contributed by atoms with Gasteiger partial charge in [0.05, 0.1) is 5.69 Å². The largest absolute Gasteiger partial charge is 0.337 e. The normalized spacial score (nSPS) is 12.1. The van der Waals surface area contributed by atoms with E-state index in [2.05, 4.69) is 32.4 Å². The quantitative estimate of drug-likeness (QED) is 0.602. The molecule has 3 N–H and O–H groups in total. The minimum atomic E-state index is -0.545. The Morgan fingerprint density at radius 3 is 2.43 bits per heavy atom. The van der Waals surface area contributed by atoms with E-state index in [0.29, 0.717) is 5.69 Å². The summed E-state index contributed by atoms with van der Waals surface area (Å²) in [7, 11) is 0. The molecule has 1 heterocycles. The van der Waals surface area contributed by atoms with E-state index in [0.717, 1.165) is 36.1 Å². The van der Waals surface area contributed by atoms with Gasteiger partial charge in [0, 0.05) is 11.3 Å². The molecular formula is C21H19N5O2. The smallest absolute Gasteiger partial charge is 0.307 e. The van der Waals surface area contributed by atoms with E-state index < -0.39 is 11.9 Å². The maximum absolute atomic E-state index is 12.4. The summed E-state index contributed by atoms with van der Waals surface area (Å²) in [5.74, 6) is -0.518. The van der Waals surface area contributed by atoms with Crippen LogP contribution in [0.4, 0.5) is 10.5 Å². The Morgan fingerprint density at radius 2 is 1.57 bits per heavy atom. The number of carbonyl (C=O) groups is 2. The molecule has 0 bridgehead atoms. The summed E-state index contributed by atoms with van der Waals surface area (Å²) in [4.78, 5) is 24.3. The molecule has 0 saturated carbocycles. The highest BCUT2D eigenvalue weighted by Gasteiger charge is 2.19. The second-order valence-corrected chi connectivity index (χ2v) is 6.51. The third-order valence-corrected chi connectivity index (χ3v) is 4.59. The van der Waals surface area contributed by atoms with Crippen molar-refractivity contribution in [3.05, 3.63) is 77.5 Å². The Balaban J connectivity index is 1.45. The van der Waals surface area contributed by atoms with E-state index in [1.54, 1.807) is 30.3 Å². The molecule has 3 amide bonds. The lowest BCUT2D eigenvalue weighted by Gasteiger charge is -2.10. The molecule has 1 aromatic heterocycles. The van der Waals surface area contributed by atoms with Crippen LogP contribution >= 0.6 is 0 Å². The summed E-state index contributed by atoms with van der Waals surface area (Å²) >= 11 is 0. The monoisotopic (exact) mass is 373 g/mol. The van der Waals surface area contributed by atoms with Crippen LogP contribution in [0.2, 0.25) is 0 Å². The lowest BCUT2D eigenvalue weighted by molar-refractivity contribution is 0.0931. The molecule has 140 valence electrons. The van der Waals surface area contributed by atoms with Crippen molar-refractivity contribution in [3.8, 4) is 11.3 Å². The van der Waals surface area contributed by atoms with Crippen LogP contribution in [0, 0.1) is 0 Å². The number of amides is 3. The van der Waals surface area contributed by atoms with Crippen molar-refractivity contribution >= 4 is 17.6 Å². The van der Waals surface area contributed by atoms with Gasteiger partial charge in [-0.3, -0.25) is 10.2 Å². The molecule has 28 heavy (non-hydrogen) atoms. The van der Waals surface area contributed by atoms with Gasteiger partial charge in [-0.15, -0.1) is 10.2 Å². The highest BCUT2D eigenvalue weighted by atomic mass is 16.2. The summed E-state index contributed by atoms with van der Waals surface area (Å²) < 4.78 is 0. The van der Waals surface area contributed by atoms with Gasteiger partial charge in [0.25, 0.3) is 5.91 Å². The molecular weight excluding hydrogens is 354 g/mol. The van der Waals surface area contributed by atoms with Crippen LogP contribution < -0.4 is 16.2 Å². The number of aryl methyl sites for hydroxylation is 2. The van der Waals surface area contributed by atoms with Crippen LogP contribution in [0.15, 0.2) is 60.7 Å². The van der Waals surface area contributed by atoms with Crippen LogP contribution in [0.3, 0.4) is 0 Å². The van der Waals surface area contributed by atoms with Gasteiger partial charge >= 0.3 is 6.03 Å².